The number of rotatable bonds is 6. The normalized spacial score (nSPS) is 16.9. The predicted molar refractivity (Wildman–Crippen MR) is 88.6 cm³/mol. The zero-order chi connectivity index (χ0) is 16.2. The second kappa shape index (κ2) is 7.25. The van der Waals surface area contributed by atoms with Gasteiger partial charge in [-0.2, -0.15) is 0 Å². The fourth-order valence-electron chi connectivity index (χ4n) is 2.91. The quantitative estimate of drug-likeness (QED) is 0.846. The zero-order valence-corrected chi connectivity index (χ0v) is 13.9. The summed E-state index contributed by atoms with van der Waals surface area (Å²) in [5.41, 5.74) is 1.91. The van der Waals surface area contributed by atoms with E-state index in [0.717, 1.165) is 19.5 Å². The van der Waals surface area contributed by atoms with Gasteiger partial charge >= 0.3 is 0 Å². The molecule has 122 valence electrons. The Balaban J connectivity index is 1.92. The smallest absolute Gasteiger partial charge is 0.237 e. The van der Waals surface area contributed by atoms with Gasteiger partial charge in [0.1, 0.15) is 0 Å². The molecule has 1 atom stereocenters. The first kappa shape index (κ1) is 17.0. The number of fused-ring (bicyclic) bond motifs is 1. The van der Waals surface area contributed by atoms with Crippen LogP contribution < -0.4 is 5.32 Å². The van der Waals surface area contributed by atoms with Crippen LogP contribution in [0.3, 0.4) is 0 Å². The summed E-state index contributed by atoms with van der Waals surface area (Å²) in [4.78, 5) is 14.6. The summed E-state index contributed by atoms with van der Waals surface area (Å²) in [7, 11) is 0. The van der Waals surface area contributed by atoms with E-state index in [9.17, 15) is 9.90 Å². The molecule has 22 heavy (non-hydrogen) atoms. The van der Waals surface area contributed by atoms with Gasteiger partial charge in [-0.3, -0.25) is 9.69 Å². The molecule has 1 heterocycles. The minimum atomic E-state index is -0.788. The molecule has 1 unspecified atom stereocenters. The molecule has 0 spiro atoms. The number of carbonyl (C=O) groups is 1. The first-order valence-electron chi connectivity index (χ1n) is 8.30. The standard InChI is InChI=1S/C18H28N2O2/c1-4-18(22,5-2)13-19-17(21)14(3)20-11-10-15-8-6-7-9-16(15)12-20/h6-9,14,22H,4-5,10-13H2,1-3H3,(H,19,21). The van der Waals surface area contributed by atoms with Crippen molar-refractivity contribution in [3.8, 4) is 0 Å². The van der Waals surface area contributed by atoms with Gasteiger partial charge < -0.3 is 10.4 Å². The molecule has 1 aromatic rings. The molecule has 1 aliphatic rings. The third-order valence-electron chi connectivity index (χ3n) is 5.00. The maximum Gasteiger partial charge on any atom is 0.237 e. The molecule has 2 N–H and O–H groups in total. The first-order valence-corrected chi connectivity index (χ1v) is 8.30. The molecule has 0 aliphatic carbocycles. The molecule has 1 aliphatic heterocycles. The average Bonchev–Trinajstić information content (AvgIpc) is 2.58. The lowest BCUT2D eigenvalue weighted by Crippen LogP contribution is -2.50. The first-order chi connectivity index (χ1) is 10.5. The Hall–Kier alpha value is -1.39. The van der Waals surface area contributed by atoms with Gasteiger partial charge in [0.05, 0.1) is 11.6 Å². The molecule has 0 saturated heterocycles. The fraction of sp³-hybridized carbons (Fsp3) is 0.611. The highest BCUT2D eigenvalue weighted by Crippen LogP contribution is 2.20. The van der Waals surface area contributed by atoms with Gasteiger partial charge in [-0.05, 0) is 37.3 Å². The third-order valence-corrected chi connectivity index (χ3v) is 5.00. The van der Waals surface area contributed by atoms with Crippen molar-refractivity contribution < 1.29 is 9.90 Å². The number of hydrogen-bond acceptors (Lipinski definition) is 3. The maximum absolute atomic E-state index is 12.4. The summed E-state index contributed by atoms with van der Waals surface area (Å²) in [6.45, 7) is 7.88. The monoisotopic (exact) mass is 304 g/mol. The number of hydrogen-bond donors (Lipinski definition) is 2. The summed E-state index contributed by atoms with van der Waals surface area (Å²) in [5.74, 6) is -0.000272. The highest BCUT2D eigenvalue weighted by Gasteiger charge is 2.28. The fourth-order valence-corrected chi connectivity index (χ4v) is 2.91. The third kappa shape index (κ3) is 3.87. The SMILES string of the molecule is CCC(O)(CC)CNC(=O)C(C)N1CCc2ccccc2C1. The van der Waals surface area contributed by atoms with Crippen molar-refractivity contribution in [3.63, 3.8) is 0 Å². The van der Waals surface area contributed by atoms with Crippen LogP contribution in [0.15, 0.2) is 24.3 Å². The van der Waals surface area contributed by atoms with Gasteiger partial charge in [-0.15, -0.1) is 0 Å². The molecule has 0 fully saturated rings. The lowest BCUT2D eigenvalue weighted by atomic mass is 9.97. The van der Waals surface area contributed by atoms with Gasteiger partial charge in [0.2, 0.25) is 5.91 Å². The summed E-state index contributed by atoms with van der Waals surface area (Å²) in [6, 6.07) is 8.25. The van der Waals surface area contributed by atoms with Crippen molar-refractivity contribution in [2.75, 3.05) is 13.1 Å². The van der Waals surface area contributed by atoms with Crippen LogP contribution in [-0.4, -0.2) is 40.6 Å². The van der Waals surface area contributed by atoms with E-state index in [-0.39, 0.29) is 11.9 Å². The highest BCUT2D eigenvalue weighted by atomic mass is 16.3. The summed E-state index contributed by atoms with van der Waals surface area (Å²) in [6.07, 6.45) is 2.28. The Morgan fingerprint density at radius 1 is 1.32 bits per heavy atom. The molecular weight excluding hydrogens is 276 g/mol. The maximum atomic E-state index is 12.4. The Morgan fingerprint density at radius 2 is 1.95 bits per heavy atom. The highest BCUT2D eigenvalue weighted by molar-refractivity contribution is 5.81. The van der Waals surface area contributed by atoms with Gasteiger partial charge in [0.15, 0.2) is 0 Å². The van der Waals surface area contributed by atoms with E-state index in [1.165, 1.54) is 11.1 Å². The lowest BCUT2D eigenvalue weighted by Gasteiger charge is -2.34. The minimum absolute atomic E-state index is 0.000272. The van der Waals surface area contributed by atoms with Gasteiger partial charge in [0, 0.05) is 19.6 Å². The van der Waals surface area contributed by atoms with Gasteiger partial charge in [-0.1, -0.05) is 38.1 Å². The Bertz CT molecular complexity index is 512. The molecule has 1 amide bonds. The van der Waals surface area contributed by atoms with Crippen LogP contribution >= 0.6 is 0 Å². The summed E-state index contributed by atoms with van der Waals surface area (Å²) >= 11 is 0. The van der Waals surface area contributed by atoms with Gasteiger partial charge in [0.25, 0.3) is 0 Å². The van der Waals surface area contributed by atoms with E-state index in [2.05, 4.69) is 34.5 Å². The van der Waals surface area contributed by atoms with Crippen molar-refractivity contribution in [2.45, 2.75) is 58.2 Å². The van der Waals surface area contributed by atoms with Crippen LogP contribution in [0.25, 0.3) is 0 Å². The van der Waals surface area contributed by atoms with Crippen LogP contribution in [0.5, 0.6) is 0 Å². The summed E-state index contributed by atoms with van der Waals surface area (Å²) in [5, 5.41) is 13.2. The Labute approximate surface area is 133 Å². The van der Waals surface area contributed by atoms with Crippen LogP contribution in [0.1, 0.15) is 44.7 Å². The zero-order valence-electron chi connectivity index (χ0n) is 13.9. The van der Waals surface area contributed by atoms with Crippen LogP contribution in [0.4, 0.5) is 0 Å². The van der Waals surface area contributed by atoms with Crippen molar-refractivity contribution in [2.24, 2.45) is 0 Å². The molecule has 4 nitrogen and oxygen atoms in total. The molecule has 0 aromatic heterocycles. The van der Waals surface area contributed by atoms with E-state index in [1.54, 1.807) is 0 Å². The number of benzene rings is 1. The molecule has 2 rings (SSSR count). The molecule has 0 saturated carbocycles. The van der Waals surface area contributed by atoms with Crippen molar-refractivity contribution in [3.05, 3.63) is 35.4 Å². The molecule has 0 radical (unpaired) electrons. The van der Waals surface area contributed by atoms with E-state index in [4.69, 9.17) is 0 Å². The summed E-state index contributed by atoms with van der Waals surface area (Å²) < 4.78 is 0. The number of carbonyl (C=O) groups excluding carboxylic acids is 1. The molecular formula is C18H28N2O2. The number of aliphatic hydroxyl groups is 1. The van der Waals surface area contributed by atoms with Crippen LogP contribution in [-0.2, 0) is 17.8 Å². The largest absolute Gasteiger partial charge is 0.388 e. The van der Waals surface area contributed by atoms with E-state index in [1.807, 2.05) is 20.8 Å². The van der Waals surface area contributed by atoms with Crippen LogP contribution in [0, 0.1) is 0 Å². The number of nitrogens with one attached hydrogen (secondary N) is 1. The molecule has 0 bridgehead atoms. The molecule has 4 heteroatoms. The minimum Gasteiger partial charge on any atom is -0.388 e. The van der Waals surface area contributed by atoms with Crippen molar-refractivity contribution in [1.82, 2.24) is 10.2 Å². The number of amides is 1. The van der Waals surface area contributed by atoms with E-state index < -0.39 is 5.60 Å². The average molecular weight is 304 g/mol. The topological polar surface area (TPSA) is 52.6 Å². The Kier molecular flexibility index (Phi) is 5.59. The Morgan fingerprint density at radius 3 is 2.59 bits per heavy atom. The van der Waals surface area contributed by atoms with E-state index >= 15 is 0 Å². The van der Waals surface area contributed by atoms with Gasteiger partial charge in [-0.25, -0.2) is 0 Å². The lowest BCUT2D eigenvalue weighted by molar-refractivity contribution is -0.127. The number of nitrogens with zero attached hydrogens (tertiary/aromatic N) is 1. The predicted octanol–water partition coefficient (Wildman–Crippen LogP) is 2.10. The molecule has 1 aromatic carbocycles. The second-order valence-corrected chi connectivity index (χ2v) is 6.31. The van der Waals surface area contributed by atoms with Crippen molar-refractivity contribution >= 4 is 5.91 Å². The second-order valence-electron chi connectivity index (χ2n) is 6.31. The van der Waals surface area contributed by atoms with Crippen LogP contribution in [0.2, 0.25) is 0 Å². The van der Waals surface area contributed by atoms with Crippen molar-refractivity contribution in [1.29, 1.82) is 0 Å². The van der Waals surface area contributed by atoms with E-state index in [0.29, 0.717) is 19.4 Å².